The van der Waals surface area contributed by atoms with Crippen LogP contribution in [0.25, 0.3) is 5.65 Å². The molecule has 3 aromatic rings. The molecule has 0 radical (unpaired) electrons. The van der Waals surface area contributed by atoms with Gasteiger partial charge in [0.1, 0.15) is 4.60 Å². The van der Waals surface area contributed by atoms with Gasteiger partial charge in [-0.05, 0) is 33.6 Å². The maximum absolute atomic E-state index is 4.33. The quantitative estimate of drug-likeness (QED) is 0.734. The second-order valence-electron chi connectivity index (χ2n) is 4.42. The van der Waals surface area contributed by atoms with Crippen LogP contribution in [0.5, 0.6) is 0 Å². The van der Waals surface area contributed by atoms with E-state index in [1.165, 1.54) is 5.56 Å². The largest absolute Gasteiger partial charge is 0.307 e. The fourth-order valence-electron chi connectivity index (χ4n) is 1.98. The van der Waals surface area contributed by atoms with E-state index in [-0.39, 0.29) is 0 Å². The van der Waals surface area contributed by atoms with E-state index >= 15 is 0 Å². The molecule has 0 aliphatic heterocycles. The highest BCUT2D eigenvalue weighted by Gasteiger charge is 2.03. The molecule has 3 rings (SSSR count). The third-order valence-corrected chi connectivity index (χ3v) is 3.93. The Morgan fingerprint density at radius 1 is 1.00 bits per heavy atom. The van der Waals surface area contributed by atoms with Crippen LogP contribution in [-0.4, -0.2) is 14.4 Å². The zero-order chi connectivity index (χ0) is 13.9. The molecule has 0 saturated heterocycles. The van der Waals surface area contributed by atoms with E-state index in [4.69, 9.17) is 0 Å². The number of nitrogens with one attached hydrogen (secondary N) is 1. The Hall–Kier alpha value is -1.24. The average molecular weight is 396 g/mol. The molecule has 0 fully saturated rings. The number of aromatic nitrogens is 3. The van der Waals surface area contributed by atoms with Gasteiger partial charge in [0.15, 0.2) is 5.65 Å². The lowest BCUT2D eigenvalue weighted by molar-refractivity contribution is 0.675. The molecule has 102 valence electrons. The molecule has 0 atom stereocenters. The van der Waals surface area contributed by atoms with E-state index in [1.54, 1.807) is 6.20 Å². The number of imidazole rings is 1. The van der Waals surface area contributed by atoms with Crippen molar-refractivity contribution in [3.05, 3.63) is 63.2 Å². The van der Waals surface area contributed by atoms with Crippen molar-refractivity contribution in [2.45, 2.75) is 13.1 Å². The molecule has 0 aliphatic rings. The molecule has 0 amide bonds. The number of benzene rings is 1. The molecular weight excluding hydrogens is 384 g/mol. The van der Waals surface area contributed by atoms with Crippen molar-refractivity contribution < 1.29 is 0 Å². The molecule has 6 heteroatoms. The first-order valence-corrected chi connectivity index (χ1v) is 7.73. The lowest BCUT2D eigenvalue weighted by atomic mass is 10.2. The number of rotatable bonds is 4. The average Bonchev–Trinajstić information content (AvgIpc) is 2.84. The van der Waals surface area contributed by atoms with Gasteiger partial charge in [0, 0.05) is 23.8 Å². The lowest BCUT2D eigenvalue weighted by Gasteiger charge is -2.05. The summed E-state index contributed by atoms with van der Waals surface area (Å²) >= 11 is 6.81. The highest BCUT2D eigenvalue weighted by molar-refractivity contribution is 9.10. The number of nitrogens with zero attached hydrogens (tertiary/aromatic N) is 3. The Morgan fingerprint density at radius 3 is 2.60 bits per heavy atom. The molecule has 2 heterocycles. The van der Waals surface area contributed by atoms with Crippen LogP contribution in [0.3, 0.4) is 0 Å². The third-order valence-electron chi connectivity index (χ3n) is 2.99. The van der Waals surface area contributed by atoms with E-state index in [1.807, 2.05) is 28.9 Å². The van der Waals surface area contributed by atoms with Gasteiger partial charge in [0.25, 0.3) is 0 Å². The Morgan fingerprint density at radius 2 is 1.80 bits per heavy atom. The fraction of sp³-hybridized carbons (Fsp3) is 0.143. The van der Waals surface area contributed by atoms with Crippen LogP contribution in [0.4, 0.5) is 0 Å². The molecule has 0 bridgehead atoms. The van der Waals surface area contributed by atoms with E-state index in [2.05, 4.69) is 59.3 Å². The van der Waals surface area contributed by atoms with E-state index in [0.29, 0.717) is 0 Å². The maximum Gasteiger partial charge on any atom is 0.155 e. The van der Waals surface area contributed by atoms with Gasteiger partial charge in [-0.2, -0.15) is 0 Å². The molecule has 0 saturated carbocycles. The third kappa shape index (κ3) is 3.08. The first kappa shape index (κ1) is 13.7. The molecule has 0 aliphatic carbocycles. The summed E-state index contributed by atoms with van der Waals surface area (Å²) < 4.78 is 3.93. The summed E-state index contributed by atoms with van der Waals surface area (Å²) in [4.78, 5) is 8.50. The van der Waals surface area contributed by atoms with Crippen LogP contribution in [0.2, 0.25) is 0 Å². The molecule has 4 nitrogen and oxygen atoms in total. The molecule has 20 heavy (non-hydrogen) atoms. The number of hydrogen-bond donors (Lipinski definition) is 1. The Balaban J connectivity index is 1.68. The van der Waals surface area contributed by atoms with Gasteiger partial charge in [-0.25, -0.2) is 9.97 Å². The number of halogens is 2. The lowest BCUT2D eigenvalue weighted by Crippen LogP contribution is -2.14. The Labute approximate surface area is 133 Å². The van der Waals surface area contributed by atoms with Gasteiger partial charge in [-0.1, -0.05) is 28.1 Å². The minimum absolute atomic E-state index is 0.758. The standard InChI is InChI=1S/C14H12Br2N4/c15-11-3-1-10(2-4-11)5-17-6-12-7-19-14-8-18-13(16)9-20(12)14/h1-4,7-9,17H,5-6H2. The highest BCUT2D eigenvalue weighted by atomic mass is 79.9. The van der Waals surface area contributed by atoms with Crippen LogP contribution in [0.1, 0.15) is 11.3 Å². The summed E-state index contributed by atoms with van der Waals surface area (Å²) in [5, 5.41) is 3.42. The summed E-state index contributed by atoms with van der Waals surface area (Å²) in [6, 6.07) is 8.31. The molecule has 1 aromatic carbocycles. The smallest absolute Gasteiger partial charge is 0.155 e. The minimum Gasteiger partial charge on any atom is -0.307 e. The Bertz CT molecular complexity index is 722. The summed E-state index contributed by atoms with van der Waals surface area (Å²) in [6.45, 7) is 1.58. The predicted molar refractivity (Wildman–Crippen MR) is 85.4 cm³/mol. The second kappa shape index (κ2) is 6.03. The molecule has 1 N–H and O–H groups in total. The normalized spacial score (nSPS) is 11.1. The maximum atomic E-state index is 4.33. The summed E-state index contributed by atoms with van der Waals surface area (Å²) in [5.74, 6) is 0. The summed E-state index contributed by atoms with van der Waals surface area (Å²) in [6.07, 6.45) is 5.55. The van der Waals surface area contributed by atoms with Crippen molar-refractivity contribution in [2.24, 2.45) is 0 Å². The van der Waals surface area contributed by atoms with E-state index in [9.17, 15) is 0 Å². The first-order valence-electron chi connectivity index (χ1n) is 6.15. The van der Waals surface area contributed by atoms with Crippen molar-refractivity contribution in [1.82, 2.24) is 19.7 Å². The molecular formula is C14H12Br2N4. The van der Waals surface area contributed by atoms with Crippen molar-refractivity contribution in [3.8, 4) is 0 Å². The molecule has 0 unspecified atom stereocenters. The first-order chi connectivity index (χ1) is 9.72. The van der Waals surface area contributed by atoms with Crippen molar-refractivity contribution in [1.29, 1.82) is 0 Å². The van der Waals surface area contributed by atoms with Gasteiger partial charge in [0.05, 0.1) is 18.1 Å². The number of fused-ring (bicyclic) bond motifs is 1. The monoisotopic (exact) mass is 394 g/mol. The minimum atomic E-state index is 0.758. The van der Waals surface area contributed by atoms with Gasteiger partial charge < -0.3 is 5.32 Å². The highest BCUT2D eigenvalue weighted by Crippen LogP contribution is 2.12. The van der Waals surface area contributed by atoms with Crippen molar-refractivity contribution in [2.75, 3.05) is 0 Å². The summed E-state index contributed by atoms with van der Waals surface area (Å²) in [5.41, 5.74) is 3.22. The molecule has 2 aromatic heterocycles. The second-order valence-corrected chi connectivity index (χ2v) is 6.15. The summed E-state index contributed by atoms with van der Waals surface area (Å²) in [7, 11) is 0. The van der Waals surface area contributed by atoms with Crippen LogP contribution in [0, 0.1) is 0 Å². The SMILES string of the molecule is Brc1ccc(CNCc2cnc3cnc(Br)cn23)cc1. The number of hydrogen-bond acceptors (Lipinski definition) is 3. The van der Waals surface area contributed by atoms with Gasteiger partial charge in [0.2, 0.25) is 0 Å². The van der Waals surface area contributed by atoms with Gasteiger partial charge in [-0.15, -0.1) is 0 Å². The van der Waals surface area contributed by atoms with Gasteiger partial charge in [-0.3, -0.25) is 4.40 Å². The van der Waals surface area contributed by atoms with Crippen LogP contribution >= 0.6 is 31.9 Å². The predicted octanol–water partition coefficient (Wildman–Crippen LogP) is 3.54. The van der Waals surface area contributed by atoms with Crippen LogP contribution in [0.15, 0.2) is 51.9 Å². The van der Waals surface area contributed by atoms with Crippen molar-refractivity contribution in [3.63, 3.8) is 0 Å². The van der Waals surface area contributed by atoms with Gasteiger partial charge >= 0.3 is 0 Å². The van der Waals surface area contributed by atoms with E-state index < -0.39 is 0 Å². The zero-order valence-corrected chi connectivity index (χ0v) is 13.7. The molecule has 0 spiro atoms. The Kier molecular flexibility index (Phi) is 4.14. The van der Waals surface area contributed by atoms with Crippen LogP contribution < -0.4 is 5.32 Å². The van der Waals surface area contributed by atoms with Crippen LogP contribution in [-0.2, 0) is 13.1 Å². The van der Waals surface area contributed by atoms with E-state index in [0.717, 1.165) is 33.5 Å². The topological polar surface area (TPSA) is 42.2 Å². The zero-order valence-electron chi connectivity index (χ0n) is 10.6. The fourth-order valence-corrected chi connectivity index (χ4v) is 2.56. The van der Waals surface area contributed by atoms with Crippen molar-refractivity contribution >= 4 is 37.5 Å².